The molecule has 0 fully saturated rings. The second-order valence-electron chi connectivity index (χ2n) is 3.67. The van der Waals surface area contributed by atoms with E-state index in [1.807, 2.05) is 18.2 Å². The number of benzene rings is 1. The molecule has 0 spiro atoms. The molecule has 1 atom stereocenters. The molecule has 0 bridgehead atoms. The van der Waals surface area contributed by atoms with Crippen molar-refractivity contribution in [3.63, 3.8) is 0 Å². The van der Waals surface area contributed by atoms with E-state index >= 15 is 0 Å². The lowest BCUT2D eigenvalue weighted by Gasteiger charge is -2.13. The molecule has 3 N–H and O–H groups in total. The lowest BCUT2D eigenvalue weighted by Crippen LogP contribution is -2.26. The number of rotatable bonds is 7. The molecule has 1 rings (SSSR count). The Morgan fingerprint density at radius 3 is 2.76 bits per heavy atom. The zero-order valence-corrected chi connectivity index (χ0v) is 11.4. The molecule has 0 aliphatic rings. The molecule has 0 saturated heterocycles. The van der Waals surface area contributed by atoms with Crippen LogP contribution in [-0.2, 0) is 6.42 Å². The molecule has 0 amide bonds. The Balaban J connectivity index is 2.77. The first-order valence-electron chi connectivity index (χ1n) is 5.43. The maximum Gasteiger partial charge on any atom is 0.161 e. The van der Waals surface area contributed by atoms with Crippen LogP contribution in [0.2, 0.25) is 0 Å². The zero-order chi connectivity index (χ0) is 12.7. The maximum atomic E-state index is 8.91. The van der Waals surface area contributed by atoms with Crippen LogP contribution < -0.4 is 15.2 Å². The summed E-state index contributed by atoms with van der Waals surface area (Å²) >= 11 is 3.30. The van der Waals surface area contributed by atoms with Crippen molar-refractivity contribution < 1.29 is 14.6 Å². The van der Waals surface area contributed by atoms with Crippen molar-refractivity contribution in [1.82, 2.24) is 0 Å². The van der Waals surface area contributed by atoms with E-state index in [4.69, 9.17) is 20.3 Å². The minimum absolute atomic E-state index is 0.0237. The van der Waals surface area contributed by atoms with Gasteiger partial charge in [0.15, 0.2) is 11.5 Å². The highest BCUT2D eigenvalue weighted by Crippen LogP contribution is 2.28. The number of hydrogen-bond donors (Lipinski definition) is 2. The Kier molecular flexibility index (Phi) is 6.32. The highest BCUT2D eigenvalue weighted by Gasteiger charge is 2.08. The highest BCUT2D eigenvalue weighted by molar-refractivity contribution is 9.09. The Labute approximate surface area is 110 Å². The third-order valence-electron chi connectivity index (χ3n) is 2.30. The fraction of sp³-hybridized carbons (Fsp3) is 0.500. The lowest BCUT2D eigenvalue weighted by molar-refractivity contribution is 0.265. The topological polar surface area (TPSA) is 64.7 Å². The van der Waals surface area contributed by atoms with E-state index in [1.54, 1.807) is 7.11 Å². The van der Waals surface area contributed by atoms with Crippen LogP contribution >= 0.6 is 15.9 Å². The van der Waals surface area contributed by atoms with Gasteiger partial charge in [0.25, 0.3) is 0 Å². The van der Waals surface area contributed by atoms with Crippen LogP contribution in [0.3, 0.4) is 0 Å². The highest BCUT2D eigenvalue weighted by atomic mass is 79.9. The summed E-state index contributed by atoms with van der Waals surface area (Å²) in [6.07, 6.45) is 0.617. The summed E-state index contributed by atoms with van der Waals surface area (Å²) in [5, 5.41) is 9.68. The molecular formula is C12H18BrNO3. The molecule has 1 unspecified atom stereocenters. The fourth-order valence-corrected chi connectivity index (χ4v) is 1.64. The first-order valence-corrected chi connectivity index (χ1v) is 6.55. The molecule has 1 aromatic rings. The quantitative estimate of drug-likeness (QED) is 0.746. The van der Waals surface area contributed by atoms with Crippen molar-refractivity contribution in [3.05, 3.63) is 23.8 Å². The number of alkyl halides is 1. The average molecular weight is 304 g/mol. The minimum atomic E-state index is -0.242. The van der Waals surface area contributed by atoms with Crippen molar-refractivity contribution in [2.75, 3.05) is 25.7 Å². The SMILES string of the molecule is COc1cc(CC(N)CO)ccc1OCCBr. The normalized spacial score (nSPS) is 12.2. The number of hydrogen-bond acceptors (Lipinski definition) is 4. The van der Waals surface area contributed by atoms with Gasteiger partial charge in [0.05, 0.1) is 20.3 Å². The van der Waals surface area contributed by atoms with Gasteiger partial charge in [-0.15, -0.1) is 0 Å². The third-order valence-corrected chi connectivity index (χ3v) is 2.62. The number of aliphatic hydroxyl groups is 1. The zero-order valence-electron chi connectivity index (χ0n) is 9.86. The van der Waals surface area contributed by atoms with E-state index in [9.17, 15) is 0 Å². The van der Waals surface area contributed by atoms with Crippen LogP contribution in [0.15, 0.2) is 18.2 Å². The molecule has 0 aliphatic heterocycles. The summed E-state index contributed by atoms with van der Waals surface area (Å²) in [5.41, 5.74) is 6.71. The molecule has 0 aliphatic carbocycles. The van der Waals surface area contributed by atoms with Gasteiger partial charge in [-0.25, -0.2) is 0 Å². The van der Waals surface area contributed by atoms with Crippen LogP contribution in [-0.4, -0.2) is 36.8 Å². The van der Waals surface area contributed by atoms with E-state index < -0.39 is 0 Å². The van der Waals surface area contributed by atoms with Gasteiger partial charge in [-0.3, -0.25) is 0 Å². The number of ether oxygens (including phenoxy) is 2. The summed E-state index contributed by atoms with van der Waals surface area (Å²) in [4.78, 5) is 0. The standard InChI is InChI=1S/C12H18BrNO3/c1-16-12-7-9(6-10(14)8-15)2-3-11(12)17-5-4-13/h2-3,7,10,15H,4-6,8,14H2,1H3. The maximum absolute atomic E-state index is 8.91. The van der Waals surface area contributed by atoms with Gasteiger partial charge in [-0.1, -0.05) is 22.0 Å². The van der Waals surface area contributed by atoms with Gasteiger partial charge in [0, 0.05) is 11.4 Å². The van der Waals surface area contributed by atoms with Gasteiger partial charge in [0.2, 0.25) is 0 Å². The second-order valence-corrected chi connectivity index (χ2v) is 4.46. The van der Waals surface area contributed by atoms with Crippen molar-refractivity contribution in [3.8, 4) is 11.5 Å². The predicted octanol–water partition coefficient (Wildman–Crippen LogP) is 1.33. The van der Waals surface area contributed by atoms with Gasteiger partial charge in [-0.2, -0.15) is 0 Å². The Hall–Kier alpha value is -0.780. The smallest absolute Gasteiger partial charge is 0.161 e. The summed E-state index contributed by atoms with van der Waals surface area (Å²) in [5.74, 6) is 1.40. The van der Waals surface area contributed by atoms with Crippen molar-refractivity contribution in [1.29, 1.82) is 0 Å². The molecule has 4 nitrogen and oxygen atoms in total. The van der Waals surface area contributed by atoms with Crippen molar-refractivity contribution in [2.45, 2.75) is 12.5 Å². The molecule has 0 radical (unpaired) electrons. The number of aliphatic hydroxyl groups excluding tert-OH is 1. The fourth-order valence-electron chi connectivity index (χ4n) is 1.47. The summed E-state index contributed by atoms with van der Waals surface area (Å²) in [6.45, 7) is 0.565. The largest absolute Gasteiger partial charge is 0.493 e. The molecule has 0 heterocycles. The number of halogens is 1. The Morgan fingerprint density at radius 1 is 1.41 bits per heavy atom. The molecule has 1 aromatic carbocycles. The van der Waals surface area contributed by atoms with Gasteiger partial charge < -0.3 is 20.3 Å². The predicted molar refractivity (Wildman–Crippen MR) is 71.0 cm³/mol. The van der Waals surface area contributed by atoms with Crippen molar-refractivity contribution in [2.24, 2.45) is 5.73 Å². The molecule has 96 valence electrons. The van der Waals surface area contributed by atoms with E-state index in [0.717, 1.165) is 10.9 Å². The summed E-state index contributed by atoms with van der Waals surface area (Å²) < 4.78 is 10.8. The van der Waals surface area contributed by atoms with Crippen LogP contribution in [0, 0.1) is 0 Å². The van der Waals surface area contributed by atoms with Gasteiger partial charge in [-0.05, 0) is 24.1 Å². The second kappa shape index (κ2) is 7.53. The number of nitrogens with two attached hydrogens (primary N) is 1. The first-order chi connectivity index (χ1) is 8.21. The van der Waals surface area contributed by atoms with Gasteiger partial charge >= 0.3 is 0 Å². The van der Waals surface area contributed by atoms with E-state index in [2.05, 4.69) is 15.9 Å². The molecule has 17 heavy (non-hydrogen) atoms. The van der Waals surface area contributed by atoms with Gasteiger partial charge in [0.1, 0.15) is 0 Å². The van der Waals surface area contributed by atoms with Crippen LogP contribution in [0.4, 0.5) is 0 Å². The molecule has 0 aromatic heterocycles. The monoisotopic (exact) mass is 303 g/mol. The lowest BCUT2D eigenvalue weighted by atomic mass is 10.1. The molecule has 5 heteroatoms. The molecule has 0 saturated carbocycles. The van der Waals surface area contributed by atoms with Crippen LogP contribution in [0.5, 0.6) is 11.5 Å². The van der Waals surface area contributed by atoms with Crippen LogP contribution in [0.25, 0.3) is 0 Å². The Bertz CT molecular complexity index is 347. The Morgan fingerprint density at radius 2 is 2.18 bits per heavy atom. The summed E-state index contributed by atoms with van der Waals surface area (Å²) in [7, 11) is 1.60. The van der Waals surface area contributed by atoms with E-state index in [1.165, 1.54) is 0 Å². The molecular weight excluding hydrogens is 286 g/mol. The first kappa shape index (κ1) is 14.3. The average Bonchev–Trinajstić information content (AvgIpc) is 2.36. The van der Waals surface area contributed by atoms with E-state index in [-0.39, 0.29) is 12.6 Å². The minimum Gasteiger partial charge on any atom is -0.493 e. The summed E-state index contributed by atoms with van der Waals surface area (Å²) in [6, 6.07) is 5.44. The third kappa shape index (κ3) is 4.53. The van der Waals surface area contributed by atoms with E-state index in [0.29, 0.717) is 24.5 Å². The van der Waals surface area contributed by atoms with Crippen LogP contribution in [0.1, 0.15) is 5.56 Å². The number of methoxy groups -OCH3 is 1. The van der Waals surface area contributed by atoms with Crippen molar-refractivity contribution >= 4 is 15.9 Å².